The summed E-state index contributed by atoms with van der Waals surface area (Å²) in [7, 11) is 4.45. The van der Waals surface area contributed by atoms with Crippen molar-refractivity contribution in [2.45, 2.75) is 19.8 Å². The van der Waals surface area contributed by atoms with Gasteiger partial charge in [0, 0.05) is 42.5 Å². The molecule has 3 rings (SSSR count). The molecule has 0 spiro atoms. The Bertz CT molecular complexity index is 953. The van der Waals surface area contributed by atoms with Gasteiger partial charge in [-0.1, -0.05) is 6.92 Å². The van der Waals surface area contributed by atoms with Crippen LogP contribution in [-0.2, 0) is 0 Å². The highest BCUT2D eigenvalue weighted by molar-refractivity contribution is 6.05. The number of amides is 1. The van der Waals surface area contributed by atoms with Gasteiger partial charge in [0.1, 0.15) is 5.69 Å². The fourth-order valence-corrected chi connectivity index (χ4v) is 3.84. The maximum Gasteiger partial charge on any atom is 0.293 e. The zero-order valence-corrected chi connectivity index (χ0v) is 18.1. The summed E-state index contributed by atoms with van der Waals surface area (Å²) in [5.41, 5.74) is 1.07. The maximum absolute atomic E-state index is 12.8. The Morgan fingerprint density at radius 3 is 2.35 bits per heavy atom. The van der Waals surface area contributed by atoms with Gasteiger partial charge in [0.05, 0.1) is 26.3 Å². The van der Waals surface area contributed by atoms with Gasteiger partial charge in [-0.25, -0.2) is 0 Å². The summed E-state index contributed by atoms with van der Waals surface area (Å²) >= 11 is 0. The molecule has 0 aromatic heterocycles. The van der Waals surface area contributed by atoms with Crippen molar-refractivity contribution in [3.63, 3.8) is 0 Å². The van der Waals surface area contributed by atoms with Crippen LogP contribution < -0.4 is 24.4 Å². The molecule has 1 atom stereocenters. The molecule has 0 bridgehead atoms. The fourth-order valence-electron chi connectivity index (χ4n) is 3.84. The second kappa shape index (κ2) is 9.55. The van der Waals surface area contributed by atoms with E-state index in [1.165, 1.54) is 27.4 Å². The molecule has 9 nitrogen and oxygen atoms in total. The Labute approximate surface area is 181 Å². The van der Waals surface area contributed by atoms with Gasteiger partial charge in [-0.05, 0) is 30.9 Å². The minimum atomic E-state index is -0.476. The van der Waals surface area contributed by atoms with Crippen LogP contribution in [0.15, 0.2) is 30.3 Å². The summed E-state index contributed by atoms with van der Waals surface area (Å²) in [5, 5.41) is 14.5. The standard InChI is InChI=1S/C22H27N3O6/c1-14-6-5-9-24(13-14)17-8-7-15(10-18(17)25(27)28)22(26)23-16-11-19(29-2)21(31-4)20(12-16)30-3/h7-8,10-12,14H,5-6,9,13H2,1-4H3,(H,23,26). The number of carbonyl (C=O) groups excluding carboxylic acids is 1. The number of nitro benzene ring substituents is 1. The molecule has 1 N–H and O–H groups in total. The smallest absolute Gasteiger partial charge is 0.293 e. The average molecular weight is 429 g/mol. The second-order valence-corrected chi connectivity index (χ2v) is 7.52. The highest BCUT2D eigenvalue weighted by Crippen LogP contribution is 2.40. The van der Waals surface area contributed by atoms with E-state index in [9.17, 15) is 14.9 Å². The maximum atomic E-state index is 12.8. The van der Waals surface area contributed by atoms with Gasteiger partial charge in [0.25, 0.3) is 11.6 Å². The highest BCUT2D eigenvalue weighted by Gasteiger charge is 2.25. The van der Waals surface area contributed by atoms with Crippen LogP contribution in [0.1, 0.15) is 30.1 Å². The van der Waals surface area contributed by atoms with Crippen molar-refractivity contribution in [1.29, 1.82) is 0 Å². The summed E-state index contributed by atoms with van der Waals surface area (Å²) in [6.45, 7) is 3.66. The highest BCUT2D eigenvalue weighted by atomic mass is 16.6. The van der Waals surface area contributed by atoms with E-state index < -0.39 is 10.8 Å². The van der Waals surface area contributed by atoms with Gasteiger partial charge in [-0.2, -0.15) is 0 Å². The molecule has 1 fully saturated rings. The number of benzene rings is 2. The SMILES string of the molecule is COc1cc(NC(=O)c2ccc(N3CCCC(C)C3)c([N+](=O)[O-])c2)cc(OC)c1OC. The fraction of sp³-hybridized carbons (Fsp3) is 0.409. The van der Waals surface area contributed by atoms with Crippen LogP contribution in [0.2, 0.25) is 0 Å². The van der Waals surface area contributed by atoms with E-state index in [4.69, 9.17) is 14.2 Å². The van der Waals surface area contributed by atoms with Crippen LogP contribution in [0.5, 0.6) is 17.2 Å². The Kier molecular flexibility index (Phi) is 6.84. The van der Waals surface area contributed by atoms with E-state index in [-0.39, 0.29) is 11.3 Å². The second-order valence-electron chi connectivity index (χ2n) is 7.52. The van der Waals surface area contributed by atoms with Crippen molar-refractivity contribution >= 4 is 23.0 Å². The summed E-state index contributed by atoms with van der Waals surface area (Å²) in [5.74, 6) is 1.17. The van der Waals surface area contributed by atoms with E-state index in [1.54, 1.807) is 24.3 Å². The van der Waals surface area contributed by atoms with Gasteiger partial charge < -0.3 is 24.4 Å². The number of piperidine rings is 1. The average Bonchev–Trinajstić information content (AvgIpc) is 2.77. The summed E-state index contributed by atoms with van der Waals surface area (Å²) in [6, 6.07) is 7.77. The Hall–Kier alpha value is -3.49. The Morgan fingerprint density at radius 2 is 1.81 bits per heavy atom. The molecule has 31 heavy (non-hydrogen) atoms. The molecule has 0 saturated carbocycles. The van der Waals surface area contributed by atoms with E-state index in [0.29, 0.717) is 34.5 Å². The third kappa shape index (κ3) is 4.82. The molecule has 0 radical (unpaired) electrons. The Morgan fingerprint density at radius 1 is 1.13 bits per heavy atom. The minimum absolute atomic E-state index is 0.0772. The van der Waals surface area contributed by atoms with Gasteiger partial charge in [0.15, 0.2) is 11.5 Å². The number of nitrogens with zero attached hydrogens (tertiary/aromatic N) is 2. The number of carbonyl (C=O) groups is 1. The number of hydrogen-bond donors (Lipinski definition) is 1. The first-order valence-electron chi connectivity index (χ1n) is 10.0. The molecular formula is C22H27N3O6. The molecule has 0 aliphatic carbocycles. The van der Waals surface area contributed by atoms with Crippen molar-refractivity contribution in [2.24, 2.45) is 5.92 Å². The first-order chi connectivity index (χ1) is 14.9. The molecule has 1 aliphatic heterocycles. The number of nitro groups is 1. The molecule has 2 aromatic rings. The third-order valence-electron chi connectivity index (χ3n) is 5.35. The van der Waals surface area contributed by atoms with Crippen LogP contribution in [0.3, 0.4) is 0 Å². The monoisotopic (exact) mass is 429 g/mol. The van der Waals surface area contributed by atoms with Gasteiger partial charge >= 0.3 is 0 Å². The van der Waals surface area contributed by atoms with Crippen LogP contribution in [0.4, 0.5) is 17.1 Å². The lowest BCUT2D eigenvalue weighted by Gasteiger charge is -2.32. The first kappa shape index (κ1) is 22.2. The van der Waals surface area contributed by atoms with Crippen LogP contribution in [0.25, 0.3) is 0 Å². The predicted molar refractivity (Wildman–Crippen MR) is 118 cm³/mol. The molecule has 1 saturated heterocycles. The topological polar surface area (TPSA) is 103 Å². The van der Waals surface area contributed by atoms with Crippen LogP contribution in [-0.4, -0.2) is 45.2 Å². The first-order valence-corrected chi connectivity index (χ1v) is 10.0. The van der Waals surface area contributed by atoms with Crippen molar-refractivity contribution in [2.75, 3.05) is 44.6 Å². The molecular weight excluding hydrogens is 402 g/mol. The van der Waals surface area contributed by atoms with Crippen molar-refractivity contribution < 1.29 is 23.9 Å². The third-order valence-corrected chi connectivity index (χ3v) is 5.35. The van der Waals surface area contributed by atoms with Crippen LogP contribution in [0, 0.1) is 16.0 Å². The zero-order chi connectivity index (χ0) is 22.5. The van der Waals surface area contributed by atoms with Crippen molar-refractivity contribution in [3.05, 3.63) is 46.0 Å². The number of nitrogens with one attached hydrogen (secondary N) is 1. The number of ether oxygens (including phenoxy) is 3. The molecule has 2 aromatic carbocycles. The lowest BCUT2D eigenvalue weighted by molar-refractivity contribution is -0.384. The molecule has 1 unspecified atom stereocenters. The summed E-state index contributed by atoms with van der Waals surface area (Å²) < 4.78 is 15.9. The lowest BCUT2D eigenvalue weighted by atomic mass is 9.99. The van der Waals surface area contributed by atoms with E-state index >= 15 is 0 Å². The van der Waals surface area contributed by atoms with Gasteiger partial charge in [-0.15, -0.1) is 0 Å². The minimum Gasteiger partial charge on any atom is -0.493 e. The largest absolute Gasteiger partial charge is 0.493 e. The van der Waals surface area contributed by atoms with Crippen molar-refractivity contribution in [3.8, 4) is 17.2 Å². The molecule has 1 aliphatic rings. The van der Waals surface area contributed by atoms with E-state index in [0.717, 1.165) is 25.9 Å². The normalized spacial score (nSPS) is 15.9. The predicted octanol–water partition coefficient (Wildman–Crippen LogP) is 4.11. The number of anilines is 2. The summed E-state index contributed by atoms with van der Waals surface area (Å²) in [4.78, 5) is 26.1. The summed E-state index contributed by atoms with van der Waals surface area (Å²) in [6.07, 6.45) is 2.10. The van der Waals surface area contributed by atoms with E-state index in [1.807, 2.05) is 4.90 Å². The van der Waals surface area contributed by atoms with Crippen molar-refractivity contribution in [1.82, 2.24) is 0 Å². The molecule has 1 heterocycles. The lowest BCUT2D eigenvalue weighted by Crippen LogP contribution is -2.34. The quantitative estimate of drug-likeness (QED) is 0.522. The van der Waals surface area contributed by atoms with E-state index in [2.05, 4.69) is 12.2 Å². The zero-order valence-electron chi connectivity index (χ0n) is 18.1. The number of rotatable bonds is 7. The van der Waals surface area contributed by atoms with Crippen LogP contribution >= 0.6 is 0 Å². The Balaban J connectivity index is 1.88. The number of hydrogen-bond acceptors (Lipinski definition) is 7. The molecule has 1 amide bonds. The molecule has 9 heteroatoms. The molecule has 166 valence electrons. The number of methoxy groups -OCH3 is 3. The van der Waals surface area contributed by atoms with Gasteiger partial charge in [-0.3, -0.25) is 14.9 Å². The van der Waals surface area contributed by atoms with Gasteiger partial charge in [0.2, 0.25) is 5.75 Å².